The van der Waals surface area contributed by atoms with Gasteiger partial charge in [0.1, 0.15) is 5.75 Å². The van der Waals surface area contributed by atoms with Gasteiger partial charge in [-0.1, -0.05) is 41.5 Å². The smallest absolute Gasteiger partial charge is 0.237 e. The van der Waals surface area contributed by atoms with Crippen LogP contribution in [0.5, 0.6) is 0 Å². The number of hydrogen-bond donors (Lipinski definition) is 0. The summed E-state index contributed by atoms with van der Waals surface area (Å²) in [6, 6.07) is 0. The van der Waals surface area contributed by atoms with E-state index in [0.717, 1.165) is 0 Å². The van der Waals surface area contributed by atoms with E-state index in [1.807, 2.05) is 41.5 Å². The molecule has 120 valence electrons. The molecule has 4 nitrogen and oxygen atoms in total. The number of rotatable bonds is 9. The lowest BCUT2D eigenvalue weighted by Gasteiger charge is -2.26. The molecule has 20 heavy (non-hydrogen) atoms. The number of carbonyl (C=O) groups is 1. The third kappa shape index (κ3) is 9.34. The van der Waals surface area contributed by atoms with Gasteiger partial charge in [0, 0.05) is 13.1 Å². The zero-order chi connectivity index (χ0) is 15.9. The fourth-order valence-corrected chi connectivity index (χ4v) is 3.46. The van der Waals surface area contributed by atoms with Gasteiger partial charge < -0.3 is 4.90 Å². The van der Waals surface area contributed by atoms with Crippen LogP contribution in [0.1, 0.15) is 48.0 Å². The maximum atomic E-state index is 12.2. The second-order valence-electron chi connectivity index (χ2n) is 6.86. The molecule has 0 saturated carbocycles. The van der Waals surface area contributed by atoms with Crippen molar-refractivity contribution in [3.05, 3.63) is 0 Å². The zero-order valence-electron chi connectivity index (χ0n) is 13.8. The van der Waals surface area contributed by atoms with Crippen LogP contribution in [0.4, 0.5) is 0 Å². The molecule has 0 aliphatic rings. The average molecular weight is 305 g/mol. The number of nitrogens with zero attached hydrogens (tertiary/aromatic N) is 1. The lowest BCUT2D eigenvalue weighted by molar-refractivity contribution is -0.129. The highest BCUT2D eigenvalue weighted by molar-refractivity contribution is 7.92. The molecule has 0 spiro atoms. The molecule has 0 rings (SSSR count). The van der Waals surface area contributed by atoms with Crippen molar-refractivity contribution in [1.29, 1.82) is 0 Å². The van der Waals surface area contributed by atoms with Crippen molar-refractivity contribution in [2.24, 2.45) is 17.8 Å². The Kier molecular flexibility index (Phi) is 8.40. The van der Waals surface area contributed by atoms with Crippen molar-refractivity contribution in [3.8, 4) is 0 Å². The van der Waals surface area contributed by atoms with Crippen molar-refractivity contribution in [3.63, 3.8) is 0 Å². The standard InChI is InChI=1S/C15H31NO3S/c1-12(2)7-8-20(18,19)11-15(17)16(9-13(3)4)10-14(5)6/h12-14H,7-11H2,1-6H3. The summed E-state index contributed by atoms with van der Waals surface area (Å²) in [5, 5.41) is 0. The van der Waals surface area contributed by atoms with Crippen LogP contribution in [0.3, 0.4) is 0 Å². The van der Waals surface area contributed by atoms with Gasteiger partial charge in [-0.15, -0.1) is 0 Å². The molecule has 0 N–H and O–H groups in total. The van der Waals surface area contributed by atoms with E-state index >= 15 is 0 Å². The van der Waals surface area contributed by atoms with Crippen LogP contribution in [0.25, 0.3) is 0 Å². The van der Waals surface area contributed by atoms with E-state index < -0.39 is 9.84 Å². The lowest BCUT2D eigenvalue weighted by Crippen LogP contribution is -2.40. The summed E-state index contributed by atoms with van der Waals surface area (Å²) in [5.41, 5.74) is 0. The Bertz CT molecular complexity index is 376. The molecule has 0 aromatic carbocycles. The Morgan fingerprint density at radius 1 is 0.900 bits per heavy atom. The van der Waals surface area contributed by atoms with Crippen LogP contribution in [0, 0.1) is 17.8 Å². The molecular weight excluding hydrogens is 274 g/mol. The SMILES string of the molecule is CC(C)CCS(=O)(=O)CC(=O)N(CC(C)C)CC(C)C. The summed E-state index contributed by atoms with van der Waals surface area (Å²) in [4.78, 5) is 13.9. The number of carbonyl (C=O) groups excluding carboxylic acids is 1. The van der Waals surface area contributed by atoms with Gasteiger partial charge in [-0.3, -0.25) is 4.79 Å². The first-order valence-corrected chi connectivity index (χ1v) is 9.33. The Balaban J connectivity index is 4.65. The van der Waals surface area contributed by atoms with Crippen LogP contribution < -0.4 is 0 Å². The third-order valence-corrected chi connectivity index (χ3v) is 4.42. The molecule has 0 aliphatic carbocycles. The monoisotopic (exact) mass is 305 g/mol. The second-order valence-corrected chi connectivity index (χ2v) is 9.05. The predicted molar refractivity (Wildman–Crippen MR) is 84.4 cm³/mol. The third-order valence-electron chi connectivity index (χ3n) is 2.87. The second kappa shape index (κ2) is 8.65. The van der Waals surface area contributed by atoms with Crippen molar-refractivity contribution in [1.82, 2.24) is 4.90 Å². The van der Waals surface area contributed by atoms with Gasteiger partial charge in [-0.2, -0.15) is 0 Å². The number of hydrogen-bond acceptors (Lipinski definition) is 3. The van der Waals surface area contributed by atoms with Crippen LogP contribution in [0.2, 0.25) is 0 Å². The topological polar surface area (TPSA) is 54.5 Å². The fraction of sp³-hybridized carbons (Fsp3) is 0.933. The van der Waals surface area contributed by atoms with Gasteiger partial charge in [0.15, 0.2) is 9.84 Å². The van der Waals surface area contributed by atoms with Crippen LogP contribution >= 0.6 is 0 Å². The van der Waals surface area contributed by atoms with Gasteiger partial charge in [-0.25, -0.2) is 8.42 Å². The minimum Gasteiger partial charge on any atom is -0.341 e. The summed E-state index contributed by atoms with van der Waals surface area (Å²) >= 11 is 0. The maximum Gasteiger partial charge on any atom is 0.237 e. The van der Waals surface area contributed by atoms with E-state index in [2.05, 4.69) is 0 Å². The molecule has 0 fully saturated rings. The molecule has 0 saturated heterocycles. The molecule has 0 atom stereocenters. The van der Waals surface area contributed by atoms with Gasteiger partial charge in [0.2, 0.25) is 5.91 Å². The van der Waals surface area contributed by atoms with E-state index in [1.165, 1.54) is 0 Å². The molecule has 0 bridgehead atoms. The fourth-order valence-electron chi connectivity index (χ4n) is 1.93. The number of sulfone groups is 1. The predicted octanol–water partition coefficient (Wildman–Crippen LogP) is 2.59. The molecule has 0 heterocycles. The van der Waals surface area contributed by atoms with Crippen molar-refractivity contribution >= 4 is 15.7 Å². The van der Waals surface area contributed by atoms with Gasteiger partial charge >= 0.3 is 0 Å². The minimum absolute atomic E-state index is 0.105. The van der Waals surface area contributed by atoms with Crippen LogP contribution in [-0.2, 0) is 14.6 Å². The Morgan fingerprint density at radius 3 is 1.70 bits per heavy atom. The molecular formula is C15H31NO3S. The van der Waals surface area contributed by atoms with E-state index in [1.54, 1.807) is 4.90 Å². The Hall–Kier alpha value is -0.580. The molecule has 0 aromatic rings. The molecule has 5 heteroatoms. The molecule has 0 unspecified atom stereocenters. The Labute approximate surface area is 124 Å². The largest absolute Gasteiger partial charge is 0.341 e. The van der Waals surface area contributed by atoms with Gasteiger partial charge in [0.05, 0.1) is 5.75 Å². The summed E-state index contributed by atoms with van der Waals surface area (Å²) in [6.07, 6.45) is 0.615. The highest BCUT2D eigenvalue weighted by Crippen LogP contribution is 2.08. The van der Waals surface area contributed by atoms with Crippen molar-refractivity contribution in [2.75, 3.05) is 24.6 Å². The highest BCUT2D eigenvalue weighted by Gasteiger charge is 2.23. The first-order chi connectivity index (χ1) is 9.03. The summed E-state index contributed by atoms with van der Waals surface area (Å²) in [6.45, 7) is 13.4. The quantitative estimate of drug-likeness (QED) is 0.658. The molecule has 1 amide bonds. The lowest BCUT2D eigenvalue weighted by atomic mass is 10.1. The van der Waals surface area contributed by atoms with Crippen molar-refractivity contribution < 1.29 is 13.2 Å². The average Bonchev–Trinajstić information content (AvgIpc) is 2.23. The summed E-state index contributed by atoms with van der Waals surface area (Å²) in [5.74, 6) is 0.526. The normalized spacial score (nSPS) is 12.4. The van der Waals surface area contributed by atoms with E-state index in [0.29, 0.717) is 37.3 Å². The molecule has 0 aromatic heterocycles. The van der Waals surface area contributed by atoms with Crippen LogP contribution in [-0.4, -0.2) is 43.8 Å². The van der Waals surface area contributed by atoms with Gasteiger partial charge in [0.25, 0.3) is 0 Å². The number of amides is 1. The molecule has 0 radical (unpaired) electrons. The minimum atomic E-state index is -3.28. The first-order valence-electron chi connectivity index (χ1n) is 7.51. The first kappa shape index (κ1) is 19.4. The van der Waals surface area contributed by atoms with Crippen molar-refractivity contribution in [2.45, 2.75) is 48.0 Å². The summed E-state index contributed by atoms with van der Waals surface area (Å²) < 4.78 is 23.9. The van der Waals surface area contributed by atoms with E-state index in [9.17, 15) is 13.2 Å². The van der Waals surface area contributed by atoms with Gasteiger partial charge in [-0.05, 0) is 24.2 Å². The highest BCUT2D eigenvalue weighted by atomic mass is 32.2. The zero-order valence-corrected chi connectivity index (χ0v) is 14.7. The Morgan fingerprint density at radius 2 is 1.35 bits per heavy atom. The van der Waals surface area contributed by atoms with E-state index in [-0.39, 0.29) is 17.4 Å². The molecule has 0 aliphatic heterocycles. The van der Waals surface area contributed by atoms with E-state index in [4.69, 9.17) is 0 Å². The summed E-state index contributed by atoms with van der Waals surface area (Å²) in [7, 11) is -3.28. The van der Waals surface area contributed by atoms with Crippen LogP contribution in [0.15, 0.2) is 0 Å². The maximum absolute atomic E-state index is 12.2.